The van der Waals surface area contributed by atoms with Crippen molar-refractivity contribution in [2.75, 3.05) is 6.54 Å². The Balaban J connectivity index is 1.80. The van der Waals surface area contributed by atoms with Gasteiger partial charge in [-0.2, -0.15) is 5.10 Å². The van der Waals surface area contributed by atoms with E-state index in [0.717, 1.165) is 11.3 Å². The molecule has 0 bridgehead atoms. The van der Waals surface area contributed by atoms with Gasteiger partial charge in [-0.25, -0.2) is 4.39 Å². The van der Waals surface area contributed by atoms with Gasteiger partial charge in [0.15, 0.2) is 0 Å². The third kappa shape index (κ3) is 2.67. The monoisotopic (exact) mass is 261 g/mol. The van der Waals surface area contributed by atoms with Gasteiger partial charge in [0.05, 0.1) is 6.10 Å². The molecule has 5 heteroatoms. The molecule has 4 nitrogen and oxygen atoms in total. The van der Waals surface area contributed by atoms with E-state index in [4.69, 9.17) is 0 Å². The Kier molecular flexibility index (Phi) is 3.31. The molecular weight excluding hydrogens is 245 g/mol. The molecule has 2 atom stereocenters. The summed E-state index contributed by atoms with van der Waals surface area (Å²) in [5.74, 6) is -0.234. The van der Waals surface area contributed by atoms with Gasteiger partial charge in [-0.1, -0.05) is 12.1 Å². The Labute approximate surface area is 110 Å². The molecule has 1 aliphatic heterocycles. The van der Waals surface area contributed by atoms with E-state index in [1.54, 1.807) is 18.3 Å². The van der Waals surface area contributed by atoms with E-state index in [9.17, 15) is 9.50 Å². The second-order valence-corrected chi connectivity index (χ2v) is 4.97. The van der Waals surface area contributed by atoms with E-state index in [2.05, 4.69) is 15.1 Å². The number of benzene rings is 1. The van der Waals surface area contributed by atoms with Crippen LogP contribution < -0.4 is 0 Å². The Morgan fingerprint density at radius 2 is 2.11 bits per heavy atom. The summed E-state index contributed by atoms with van der Waals surface area (Å²) in [5, 5.41) is 16.7. The first kappa shape index (κ1) is 12.3. The number of nitrogens with one attached hydrogen (secondary N) is 1. The zero-order valence-electron chi connectivity index (χ0n) is 10.5. The highest BCUT2D eigenvalue weighted by molar-refractivity contribution is 5.21. The largest absolute Gasteiger partial charge is 0.392 e. The number of aliphatic hydroxyl groups is 1. The zero-order chi connectivity index (χ0) is 13.2. The Morgan fingerprint density at radius 3 is 2.79 bits per heavy atom. The topological polar surface area (TPSA) is 52.1 Å². The van der Waals surface area contributed by atoms with E-state index >= 15 is 0 Å². The number of aromatic nitrogens is 2. The predicted octanol–water partition coefficient (Wildman–Crippen LogP) is 1.86. The minimum absolute atomic E-state index is 0.124. The van der Waals surface area contributed by atoms with Crippen LogP contribution in [0.3, 0.4) is 0 Å². The van der Waals surface area contributed by atoms with Crippen LogP contribution in [-0.4, -0.2) is 32.9 Å². The van der Waals surface area contributed by atoms with Crippen LogP contribution >= 0.6 is 0 Å². The highest BCUT2D eigenvalue weighted by Crippen LogP contribution is 2.33. The Bertz CT molecular complexity index is 526. The molecule has 0 amide bonds. The van der Waals surface area contributed by atoms with E-state index < -0.39 is 0 Å². The van der Waals surface area contributed by atoms with Gasteiger partial charge in [0, 0.05) is 31.0 Å². The lowest BCUT2D eigenvalue weighted by molar-refractivity contribution is 0.172. The van der Waals surface area contributed by atoms with Crippen LogP contribution in [-0.2, 0) is 6.54 Å². The van der Waals surface area contributed by atoms with Gasteiger partial charge in [-0.3, -0.25) is 10.00 Å². The summed E-state index contributed by atoms with van der Waals surface area (Å²) < 4.78 is 13.0. The average molecular weight is 261 g/mol. The van der Waals surface area contributed by atoms with Crippen LogP contribution in [0, 0.1) is 5.82 Å². The summed E-state index contributed by atoms with van der Waals surface area (Å²) in [6.45, 7) is 1.33. The number of aromatic amines is 1. The number of rotatable bonds is 3. The highest BCUT2D eigenvalue weighted by Gasteiger charge is 2.32. The number of nitrogens with zero attached hydrogens (tertiary/aromatic N) is 2. The molecule has 3 rings (SSSR count). The van der Waals surface area contributed by atoms with Crippen molar-refractivity contribution in [3.63, 3.8) is 0 Å². The summed E-state index contributed by atoms with van der Waals surface area (Å²) >= 11 is 0. The summed E-state index contributed by atoms with van der Waals surface area (Å²) in [4.78, 5) is 2.19. The molecule has 1 aromatic heterocycles. The van der Waals surface area contributed by atoms with E-state index in [1.165, 1.54) is 12.1 Å². The molecule has 0 unspecified atom stereocenters. The Morgan fingerprint density at radius 1 is 1.32 bits per heavy atom. The second kappa shape index (κ2) is 5.11. The van der Waals surface area contributed by atoms with Gasteiger partial charge < -0.3 is 5.11 Å². The number of halogens is 1. The molecule has 1 aliphatic rings. The molecule has 2 aromatic rings. The molecule has 1 fully saturated rings. The van der Waals surface area contributed by atoms with Crippen molar-refractivity contribution in [2.24, 2.45) is 0 Å². The molecule has 1 saturated heterocycles. The maximum atomic E-state index is 13.0. The molecule has 19 heavy (non-hydrogen) atoms. The third-order valence-corrected chi connectivity index (χ3v) is 3.57. The fourth-order valence-corrected chi connectivity index (χ4v) is 2.68. The zero-order valence-corrected chi connectivity index (χ0v) is 10.5. The van der Waals surface area contributed by atoms with Crippen molar-refractivity contribution in [3.8, 4) is 0 Å². The minimum Gasteiger partial charge on any atom is -0.392 e. The molecule has 2 N–H and O–H groups in total. The standard InChI is InChI=1S/C14H16FN3O/c15-11-3-1-10(2-4-11)14-7-13(19)9-18(14)8-12-5-6-16-17-12/h1-6,13-14,19H,7-9H2,(H,16,17)/t13-,14-/m1/s1. The lowest BCUT2D eigenvalue weighted by Gasteiger charge is -2.23. The first-order valence-corrected chi connectivity index (χ1v) is 6.38. The van der Waals surface area contributed by atoms with E-state index in [-0.39, 0.29) is 18.0 Å². The van der Waals surface area contributed by atoms with Crippen molar-refractivity contribution in [3.05, 3.63) is 53.6 Å². The molecule has 2 heterocycles. The predicted molar refractivity (Wildman–Crippen MR) is 68.8 cm³/mol. The van der Waals surface area contributed by atoms with Crippen molar-refractivity contribution in [2.45, 2.75) is 25.1 Å². The number of hydrogen-bond acceptors (Lipinski definition) is 3. The average Bonchev–Trinajstić information content (AvgIpc) is 3.01. The van der Waals surface area contributed by atoms with E-state index in [1.807, 2.05) is 6.07 Å². The summed E-state index contributed by atoms with van der Waals surface area (Å²) in [6, 6.07) is 8.56. The molecule has 100 valence electrons. The van der Waals surface area contributed by atoms with Crippen LogP contribution in [0.4, 0.5) is 4.39 Å². The lowest BCUT2D eigenvalue weighted by atomic mass is 10.0. The number of hydrogen-bond donors (Lipinski definition) is 2. The number of likely N-dealkylation sites (tertiary alicyclic amines) is 1. The summed E-state index contributed by atoms with van der Waals surface area (Å²) in [6.07, 6.45) is 2.06. The minimum atomic E-state index is -0.335. The number of β-amino-alcohol motifs (C(OH)–C–C–N with tert-alkyl or cyclic N) is 1. The third-order valence-electron chi connectivity index (χ3n) is 3.57. The maximum Gasteiger partial charge on any atom is 0.123 e. The lowest BCUT2D eigenvalue weighted by Crippen LogP contribution is -2.24. The number of H-pyrrole nitrogens is 1. The first-order chi connectivity index (χ1) is 9.22. The molecule has 0 aliphatic carbocycles. The van der Waals surface area contributed by atoms with Crippen LogP contribution in [0.2, 0.25) is 0 Å². The van der Waals surface area contributed by atoms with Gasteiger partial charge >= 0.3 is 0 Å². The molecule has 1 aromatic carbocycles. The van der Waals surface area contributed by atoms with Crippen molar-refractivity contribution in [1.29, 1.82) is 0 Å². The maximum absolute atomic E-state index is 13.0. The summed E-state index contributed by atoms with van der Waals surface area (Å²) in [7, 11) is 0. The fourth-order valence-electron chi connectivity index (χ4n) is 2.68. The fraction of sp³-hybridized carbons (Fsp3) is 0.357. The Hall–Kier alpha value is -1.72. The van der Waals surface area contributed by atoms with Crippen molar-refractivity contribution in [1.82, 2.24) is 15.1 Å². The van der Waals surface area contributed by atoms with Gasteiger partial charge in [-0.05, 0) is 30.2 Å². The SMILES string of the molecule is O[C@@H]1C[C@H](c2ccc(F)cc2)N(Cc2ccn[nH]2)C1. The second-order valence-electron chi connectivity index (χ2n) is 4.97. The molecule has 0 radical (unpaired) electrons. The normalized spacial score (nSPS) is 23.9. The van der Waals surface area contributed by atoms with Crippen LogP contribution in [0.15, 0.2) is 36.5 Å². The van der Waals surface area contributed by atoms with Crippen LogP contribution in [0.25, 0.3) is 0 Å². The van der Waals surface area contributed by atoms with Gasteiger partial charge in [-0.15, -0.1) is 0 Å². The molecular formula is C14H16FN3O. The van der Waals surface area contributed by atoms with Crippen LogP contribution in [0.1, 0.15) is 23.7 Å². The molecule has 0 spiro atoms. The van der Waals surface area contributed by atoms with Gasteiger partial charge in [0.2, 0.25) is 0 Å². The van der Waals surface area contributed by atoms with Gasteiger partial charge in [0.25, 0.3) is 0 Å². The van der Waals surface area contributed by atoms with Gasteiger partial charge in [0.1, 0.15) is 5.82 Å². The smallest absolute Gasteiger partial charge is 0.123 e. The highest BCUT2D eigenvalue weighted by atomic mass is 19.1. The summed E-state index contributed by atoms with van der Waals surface area (Å²) in [5.41, 5.74) is 2.05. The van der Waals surface area contributed by atoms with E-state index in [0.29, 0.717) is 19.5 Å². The van der Waals surface area contributed by atoms with Crippen molar-refractivity contribution < 1.29 is 9.50 Å². The first-order valence-electron chi connectivity index (χ1n) is 6.38. The van der Waals surface area contributed by atoms with Crippen molar-refractivity contribution >= 4 is 0 Å². The number of aliphatic hydroxyl groups excluding tert-OH is 1. The molecule has 0 saturated carbocycles. The van der Waals surface area contributed by atoms with Crippen LogP contribution in [0.5, 0.6) is 0 Å². The quantitative estimate of drug-likeness (QED) is 0.886.